The molecule has 3 rings (SSSR count). The number of anilines is 1. The largest absolute Gasteiger partial charge is 0.378 e. The number of aryl methyl sites for hydroxylation is 2. The van der Waals surface area contributed by atoms with Gasteiger partial charge in [-0.2, -0.15) is 5.10 Å². The number of nitrogens with zero attached hydrogens (tertiary/aromatic N) is 2. The summed E-state index contributed by atoms with van der Waals surface area (Å²) >= 11 is 5.42. The highest BCUT2D eigenvalue weighted by molar-refractivity contribution is 7.71. The van der Waals surface area contributed by atoms with Crippen molar-refractivity contribution in [1.29, 1.82) is 0 Å². The molecule has 0 amide bonds. The normalized spacial score (nSPS) is 10.7. The Morgan fingerprint density at radius 2 is 1.83 bits per heavy atom. The number of rotatable bonds is 4. The van der Waals surface area contributed by atoms with Crippen molar-refractivity contribution in [3.8, 4) is 5.69 Å². The van der Waals surface area contributed by atoms with Crippen molar-refractivity contribution in [2.75, 3.05) is 5.32 Å². The molecule has 2 aromatic carbocycles. The Hall–Kier alpha value is -2.40. The number of hydrogen-bond donors (Lipinski definition) is 2. The van der Waals surface area contributed by atoms with Gasteiger partial charge in [-0.15, -0.1) is 0 Å². The van der Waals surface area contributed by atoms with Crippen LogP contribution in [0.3, 0.4) is 0 Å². The second kappa shape index (κ2) is 6.38. The summed E-state index contributed by atoms with van der Waals surface area (Å²) in [5.74, 6) is 0.865. The van der Waals surface area contributed by atoms with Crippen LogP contribution in [-0.2, 0) is 6.54 Å². The van der Waals surface area contributed by atoms with E-state index < -0.39 is 0 Å². The molecule has 0 aliphatic carbocycles. The van der Waals surface area contributed by atoms with Crippen LogP contribution in [0, 0.1) is 25.5 Å². The molecule has 0 saturated heterocycles. The third-order valence-corrected chi connectivity index (χ3v) is 4.33. The first-order valence-electron chi connectivity index (χ1n) is 7.59. The van der Waals surface area contributed by atoms with E-state index in [4.69, 9.17) is 12.2 Å². The van der Waals surface area contributed by atoms with Crippen molar-refractivity contribution >= 4 is 17.9 Å². The highest BCUT2D eigenvalue weighted by Gasteiger charge is 2.11. The minimum atomic E-state index is 0.601. The third-order valence-electron chi connectivity index (χ3n) is 4.06. The Labute approximate surface area is 141 Å². The van der Waals surface area contributed by atoms with Gasteiger partial charge >= 0.3 is 0 Å². The number of benzene rings is 2. The number of aromatic nitrogens is 3. The predicted molar refractivity (Wildman–Crippen MR) is 96.7 cm³/mol. The molecule has 0 aliphatic rings. The molecule has 118 valence electrons. The summed E-state index contributed by atoms with van der Waals surface area (Å²) in [6.07, 6.45) is 0. The van der Waals surface area contributed by atoms with Gasteiger partial charge in [0.05, 0.1) is 12.2 Å². The van der Waals surface area contributed by atoms with Gasteiger partial charge in [-0.3, -0.25) is 9.67 Å². The van der Waals surface area contributed by atoms with Crippen molar-refractivity contribution in [3.63, 3.8) is 0 Å². The van der Waals surface area contributed by atoms with E-state index in [1.165, 1.54) is 16.7 Å². The molecule has 0 aliphatic heterocycles. The summed E-state index contributed by atoms with van der Waals surface area (Å²) < 4.78 is 2.61. The topological polar surface area (TPSA) is 45.6 Å². The summed E-state index contributed by atoms with van der Waals surface area (Å²) in [6.45, 7) is 6.89. The van der Waals surface area contributed by atoms with Crippen LogP contribution in [0.1, 0.15) is 22.5 Å². The Kier molecular flexibility index (Phi) is 4.30. The van der Waals surface area contributed by atoms with Gasteiger partial charge in [0, 0.05) is 5.69 Å². The van der Waals surface area contributed by atoms with Gasteiger partial charge in [0.25, 0.3) is 0 Å². The zero-order chi connectivity index (χ0) is 16.4. The summed E-state index contributed by atoms with van der Waals surface area (Å²) in [4.78, 5) is 0. The summed E-state index contributed by atoms with van der Waals surface area (Å²) in [6, 6.07) is 14.5. The van der Waals surface area contributed by atoms with Gasteiger partial charge in [0.2, 0.25) is 0 Å². The lowest BCUT2D eigenvalue weighted by Crippen LogP contribution is -2.09. The molecule has 0 bridgehead atoms. The molecular weight excluding hydrogens is 304 g/mol. The lowest BCUT2D eigenvalue weighted by Gasteiger charge is -2.12. The molecule has 0 atom stereocenters. The predicted octanol–water partition coefficient (Wildman–Crippen LogP) is 4.47. The second-order valence-corrected chi connectivity index (χ2v) is 6.11. The molecule has 4 nitrogen and oxygen atoms in total. The van der Waals surface area contributed by atoms with Crippen LogP contribution in [0.25, 0.3) is 5.69 Å². The van der Waals surface area contributed by atoms with Gasteiger partial charge < -0.3 is 5.32 Å². The first kappa shape index (κ1) is 15.5. The van der Waals surface area contributed by atoms with Crippen LogP contribution in [0.4, 0.5) is 5.69 Å². The number of H-pyrrole nitrogens is 1. The van der Waals surface area contributed by atoms with E-state index in [0.29, 0.717) is 11.3 Å². The maximum Gasteiger partial charge on any atom is 0.199 e. The minimum absolute atomic E-state index is 0.601. The highest BCUT2D eigenvalue weighted by atomic mass is 32.1. The van der Waals surface area contributed by atoms with Crippen LogP contribution < -0.4 is 5.32 Å². The van der Waals surface area contributed by atoms with Crippen LogP contribution in [0.2, 0.25) is 0 Å². The van der Waals surface area contributed by atoms with Crippen LogP contribution >= 0.6 is 12.2 Å². The Balaban J connectivity index is 1.91. The van der Waals surface area contributed by atoms with Crippen LogP contribution in [0.15, 0.2) is 42.5 Å². The molecular formula is C18H20N4S. The van der Waals surface area contributed by atoms with Gasteiger partial charge in [-0.05, 0) is 62.3 Å². The van der Waals surface area contributed by atoms with E-state index in [0.717, 1.165) is 17.2 Å². The Morgan fingerprint density at radius 3 is 2.57 bits per heavy atom. The van der Waals surface area contributed by atoms with E-state index in [9.17, 15) is 0 Å². The maximum absolute atomic E-state index is 5.42. The number of hydrogen-bond acceptors (Lipinski definition) is 3. The number of nitrogens with one attached hydrogen (secondary N) is 2. The summed E-state index contributed by atoms with van der Waals surface area (Å²) in [7, 11) is 0. The molecule has 0 spiro atoms. The monoisotopic (exact) mass is 324 g/mol. The number of aromatic amines is 1. The molecule has 0 radical (unpaired) electrons. The van der Waals surface area contributed by atoms with Crippen molar-refractivity contribution in [2.24, 2.45) is 0 Å². The van der Waals surface area contributed by atoms with Gasteiger partial charge in [-0.1, -0.05) is 29.8 Å². The lowest BCUT2D eigenvalue weighted by atomic mass is 10.1. The van der Waals surface area contributed by atoms with Crippen molar-refractivity contribution in [1.82, 2.24) is 14.8 Å². The zero-order valence-electron chi connectivity index (χ0n) is 13.6. The smallest absolute Gasteiger partial charge is 0.199 e. The third kappa shape index (κ3) is 3.19. The standard InChI is InChI=1S/C18H20N4S/c1-12-7-9-15(10-8-12)19-11-17-20-21-18(23)22(17)16-6-4-5-13(2)14(16)3/h4-10,19H,11H2,1-3H3,(H,21,23). The lowest BCUT2D eigenvalue weighted by molar-refractivity contribution is 0.881. The molecule has 1 heterocycles. The molecule has 0 saturated carbocycles. The van der Waals surface area contributed by atoms with E-state index in [1.807, 2.05) is 10.6 Å². The van der Waals surface area contributed by atoms with Gasteiger partial charge in [0.15, 0.2) is 10.6 Å². The molecule has 0 unspecified atom stereocenters. The van der Waals surface area contributed by atoms with Crippen molar-refractivity contribution in [3.05, 3.63) is 69.8 Å². The Morgan fingerprint density at radius 1 is 1.09 bits per heavy atom. The van der Waals surface area contributed by atoms with Crippen LogP contribution in [0.5, 0.6) is 0 Å². The molecule has 0 fully saturated rings. The molecule has 23 heavy (non-hydrogen) atoms. The summed E-state index contributed by atoms with van der Waals surface area (Å²) in [5.41, 5.74) is 5.83. The first-order chi connectivity index (χ1) is 11.1. The SMILES string of the molecule is Cc1ccc(NCc2n[nH]c(=S)n2-c2cccc(C)c2C)cc1. The average molecular weight is 324 g/mol. The molecule has 5 heteroatoms. The molecule has 2 N–H and O–H groups in total. The van der Waals surface area contributed by atoms with E-state index in [-0.39, 0.29) is 0 Å². The summed E-state index contributed by atoms with van der Waals surface area (Å²) in [5, 5.41) is 10.7. The van der Waals surface area contributed by atoms with Gasteiger partial charge in [0.1, 0.15) is 0 Å². The van der Waals surface area contributed by atoms with Gasteiger partial charge in [-0.25, -0.2) is 0 Å². The fraction of sp³-hybridized carbons (Fsp3) is 0.222. The van der Waals surface area contributed by atoms with E-state index in [1.54, 1.807) is 0 Å². The molecule has 3 aromatic rings. The first-order valence-corrected chi connectivity index (χ1v) is 8.00. The zero-order valence-corrected chi connectivity index (χ0v) is 14.4. The average Bonchev–Trinajstić information content (AvgIpc) is 2.90. The fourth-order valence-corrected chi connectivity index (χ4v) is 2.78. The fourth-order valence-electron chi connectivity index (χ4n) is 2.53. The highest BCUT2D eigenvalue weighted by Crippen LogP contribution is 2.20. The Bertz CT molecular complexity index is 875. The van der Waals surface area contributed by atoms with Crippen molar-refractivity contribution in [2.45, 2.75) is 27.3 Å². The van der Waals surface area contributed by atoms with Crippen molar-refractivity contribution < 1.29 is 0 Å². The maximum atomic E-state index is 5.42. The molecule has 1 aromatic heterocycles. The second-order valence-electron chi connectivity index (χ2n) is 5.72. The van der Waals surface area contributed by atoms with E-state index in [2.05, 4.69) is 72.7 Å². The quantitative estimate of drug-likeness (QED) is 0.696. The van der Waals surface area contributed by atoms with Crippen LogP contribution in [-0.4, -0.2) is 14.8 Å². The minimum Gasteiger partial charge on any atom is -0.378 e. The van der Waals surface area contributed by atoms with E-state index >= 15 is 0 Å².